The van der Waals surface area contributed by atoms with Gasteiger partial charge in [0.2, 0.25) is 0 Å². The summed E-state index contributed by atoms with van der Waals surface area (Å²) in [5.74, 6) is 0.210. The maximum absolute atomic E-state index is 11.7. The zero-order valence-electron chi connectivity index (χ0n) is 16.0. The molecule has 4 N–H and O–H groups in total. The summed E-state index contributed by atoms with van der Waals surface area (Å²) in [6, 6.07) is 9.05. The van der Waals surface area contributed by atoms with Crippen LogP contribution in [0, 0.1) is 0 Å². The maximum Gasteiger partial charge on any atom is 0.269 e. The summed E-state index contributed by atoms with van der Waals surface area (Å²) >= 11 is 1.55. The van der Waals surface area contributed by atoms with Crippen molar-refractivity contribution in [2.75, 3.05) is 17.8 Å². The molecular formula is C20H23N5O3S. The minimum atomic E-state index is -0.318. The molecule has 1 fully saturated rings. The molecule has 29 heavy (non-hydrogen) atoms. The van der Waals surface area contributed by atoms with Crippen LogP contribution < -0.4 is 21.0 Å². The number of anilines is 2. The number of amides is 1. The number of aliphatic hydroxyl groups is 1. The highest BCUT2D eigenvalue weighted by molar-refractivity contribution is 7.22. The molecular weight excluding hydrogens is 390 g/mol. The summed E-state index contributed by atoms with van der Waals surface area (Å²) in [4.78, 5) is 25.9. The number of fused-ring (bicyclic) bond motifs is 1. The van der Waals surface area contributed by atoms with E-state index in [0.29, 0.717) is 5.75 Å². The van der Waals surface area contributed by atoms with Gasteiger partial charge in [0.25, 0.3) is 5.91 Å². The number of pyridine rings is 1. The van der Waals surface area contributed by atoms with Gasteiger partial charge in [0.15, 0.2) is 10.9 Å². The SMILES string of the molecule is CNC(=O)c1cc(ONc2ccc3nc(N[C@@H]4CCCC[C@H]4O)sc3c2)ccn1. The van der Waals surface area contributed by atoms with Gasteiger partial charge in [-0.1, -0.05) is 24.2 Å². The Morgan fingerprint density at radius 3 is 2.93 bits per heavy atom. The Morgan fingerprint density at radius 2 is 2.10 bits per heavy atom. The topological polar surface area (TPSA) is 108 Å². The standard InChI is InChI=1S/C20H23N5O3S/c1-21-19(27)16-11-13(8-9-22-16)28-25-12-6-7-15-18(10-12)29-20(24-15)23-14-4-2-3-5-17(14)26/h6-11,14,17,25-26H,2-5H2,1H3,(H,21,27)(H,23,24)/t14-,17-/m1/s1. The molecule has 1 aliphatic carbocycles. The molecule has 0 radical (unpaired) electrons. The molecule has 8 nitrogen and oxygen atoms in total. The molecule has 1 aliphatic rings. The quantitative estimate of drug-likeness (QED) is 0.460. The molecule has 1 aromatic carbocycles. The molecule has 0 aliphatic heterocycles. The predicted octanol–water partition coefficient (Wildman–Crippen LogP) is 3.17. The van der Waals surface area contributed by atoms with Crippen molar-refractivity contribution in [3.63, 3.8) is 0 Å². The lowest BCUT2D eigenvalue weighted by Gasteiger charge is -2.27. The molecule has 152 valence electrons. The van der Waals surface area contributed by atoms with Crippen LogP contribution >= 0.6 is 11.3 Å². The summed E-state index contributed by atoms with van der Waals surface area (Å²) in [6.45, 7) is 0. The molecule has 2 heterocycles. The highest BCUT2D eigenvalue weighted by atomic mass is 32.1. The number of aliphatic hydroxyl groups excluding tert-OH is 1. The predicted molar refractivity (Wildman–Crippen MR) is 113 cm³/mol. The Hall–Kier alpha value is -2.91. The minimum absolute atomic E-state index is 0.0615. The maximum atomic E-state index is 11.7. The fourth-order valence-corrected chi connectivity index (χ4v) is 4.30. The third-order valence-electron chi connectivity index (χ3n) is 4.90. The van der Waals surface area contributed by atoms with Gasteiger partial charge in [-0.15, -0.1) is 0 Å². The molecule has 2 aromatic heterocycles. The van der Waals surface area contributed by atoms with Crippen LogP contribution in [-0.2, 0) is 0 Å². The number of nitrogens with zero attached hydrogens (tertiary/aromatic N) is 2. The zero-order valence-corrected chi connectivity index (χ0v) is 16.8. The second-order valence-corrected chi connectivity index (χ2v) is 7.99. The van der Waals surface area contributed by atoms with E-state index in [1.165, 1.54) is 6.20 Å². The molecule has 9 heteroatoms. The van der Waals surface area contributed by atoms with Gasteiger partial charge in [-0.05, 0) is 31.0 Å². The Labute approximate surface area is 172 Å². The van der Waals surface area contributed by atoms with Crippen molar-refractivity contribution in [2.45, 2.75) is 37.8 Å². The number of benzene rings is 1. The number of aromatic nitrogens is 2. The van der Waals surface area contributed by atoms with Gasteiger partial charge in [0.1, 0.15) is 5.69 Å². The van der Waals surface area contributed by atoms with Crippen LogP contribution in [0.1, 0.15) is 36.2 Å². The average molecular weight is 414 g/mol. The first-order valence-corrected chi connectivity index (χ1v) is 10.4. The van der Waals surface area contributed by atoms with Crippen molar-refractivity contribution in [3.8, 4) is 5.75 Å². The van der Waals surface area contributed by atoms with Crippen molar-refractivity contribution in [2.24, 2.45) is 0 Å². The first kappa shape index (κ1) is 19.4. The first-order valence-electron chi connectivity index (χ1n) is 9.58. The number of carbonyl (C=O) groups is 1. The van der Waals surface area contributed by atoms with E-state index in [4.69, 9.17) is 4.84 Å². The smallest absolute Gasteiger partial charge is 0.269 e. The van der Waals surface area contributed by atoms with Crippen LogP contribution in [0.4, 0.5) is 10.8 Å². The fourth-order valence-electron chi connectivity index (χ4n) is 3.33. The van der Waals surface area contributed by atoms with Crippen LogP contribution in [0.15, 0.2) is 36.5 Å². The van der Waals surface area contributed by atoms with Crippen LogP contribution in [0.3, 0.4) is 0 Å². The monoisotopic (exact) mass is 413 g/mol. The van der Waals surface area contributed by atoms with Crippen LogP contribution in [0.25, 0.3) is 10.2 Å². The van der Waals surface area contributed by atoms with Crippen molar-refractivity contribution in [1.29, 1.82) is 0 Å². The third kappa shape index (κ3) is 4.57. The van der Waals surface area contributed by atoms with Gasteiger partial charge in [0.05, 0.1) is 28.0 Å². The van der Waals surface area contributed by atoms with Crippen LogP contribution in [0.5, 0.6) is 5.75 Å². The van der Waals surface area contributed by atoms with E-state index in [1.54, 1.807) is 30.5 Å². The minimum Gasteiger partial charge on any atom is -0.391 e. The Kier molecular flexibility index (Phi) is 5.77. The molecule has 0 spiro atoms. The molecule has 0 bridgehead atoms. The van der Waals surface area contributed by atoms with E-state index in [9.17, 15) is 9.90 Å². The molecule has 0 unspecified atom stereocenters. The van der Waals surface area contributed by atoms with Crippen molar-refractivity contribution >= 4 is 38.3 Å². The molecule has 2 atom stereocenters. The highest BCUT2D eigenvalue weighted by Gasteiger charge is 2.23. The van der Waals surface area contributed by atoms with Gasteiger partial charge in [-0.3, -0.25) is 9.78 Å². The van der Waals surface area contributed by atoms with Gasteiger partial charge < -0.3 is 20.6 Å². The number of nitrogens with one attached hydrogen (secondary N) is 3. The molecule has 1 saturated carbocycles. The number of hydrogen-bond acceptors (Lipinski definition) is 8. The van der Waals surface area contributed by atoms with Crippen molar-refractivity contribution < 1.29 is 14.7 Å². The van der Waals surface area contributed by atoms with E-state index in [0.717, 1.165) is 46.7 Å². The summed E-state index contributed by atoms with van der Waals surface area (Å²) in [5, 5.41) is 16.9. The Bertz CT molecular complexity index is 1010. The van der Waals surface area contributed by atoms with E-state index in [1.807, 2.05) is 18.2 Å². The number of rotatable bonds is 6. The number of hydrogen-bond donors (Lipinski definition) is 4. The van der Waals surface area contributed by atoms with Crippen LogP contribution in [0.2, 0.25) is 0 Å². The highest BCUT2D eigenvalue weighted by Crippen LogP contribution is 2.31. The van der Waals surface area contributed by atoms with Gasteiger partial charge in [-0.25, -0.2) is 10.5 Å². The Balaban J connectivity index is 1.43. The van der Waals surface area contributed by atoms with Gasteiger partial charge in [-0.2, -0.15) is 0 Å². The number of carbonyl (C=O) groups excluding carboxylic acids is 1. The summed E-state index contributed by atoms with van der Waals surface area (Å²) in [7, 11) is 1.55. The van der Waals surface area contributed by atoms with Crippen LogP contribution in [-0.4, -0.2) is 40.2 Å². The lowest BCUT2D eigenvalue weighted by atomic mass is 9.93. The zero-order chi connectivity index (χ0) is 20.2. The summed E-state index contributed by atoms with van der Waals surface area (Å²) in [5.41, 5.74) is 4.83. The fraction of sp³-hybridized carbons (Fsp3) is 0.350. The molecule has 3 aromatic rings. The average Bonchev–Trinajstić information content (AvgIpc) is 3.15. The summed E-state index contributed by atoms with van der Waals surface area (Å²) in [6.07, 6.45) is 5.21. The third-order valence-corrected chi connectivity index (χ3v) is 5.85. The lowest BCUT2D eigenvalue weighted by molar-refractivity contribution is 0.0957. The molecule has 1 amide bonds. The van der Waals surface area contributed by atoms with E-state index < -0.39 is 0 Å². The summed E-state index contributed by atoms with van der Waals surface area (Å²) < 4.78 is 1.01. The Morgan fingerprint density at radius 1 is 1.24 bits per heavy atom. The molecule has 0 saturated heterocycles. The normalized spacial score (nSPS) is 19.0. The van der Waals surface area contributed by atoms with Crippen molar-refractivity contribution in [3.05, 3.63) is 42.2 Å². The van der Waals surface area contributed by atoms with E-state index >= 15 is 0 Å². The van der Waals surface area contributed by atoms with Crippen molar-refractivity contribution in [1.82, 2.24) is 15.3 Å². The van der Waals surface area contributed by atoms with Gasteiger partial charge >= 0.3 is 0 Å². The first-order chi connectivity index (χ1) is 14.1. The van der Waals surface area contributed by atoms with Gasteiger partial charge in [0, 0.05) is 25.4 Å². The second-order valence-electron chi connectivity index (χ2n) is 6.96. The van der Waals surface area contributed by atoms with E-state index in [-0.39, 0.29) is 23.7 Å². The second kappa shape index (κ2) is 8.62. The molecule has 4 rings (SSSR count). The van der Waals surface area contributed by atoms with E-state index in [2.05, 4.69) is 26.1 Å². The lowest BCUT2D eigenvalue weighted by Crippen LogP contribution is -2.36. The number of thiazole rings is 1. The largest absolute Gasteiger partial charge is 0.391 e.